The lowest BCUT2D eigenvalue weighted by Crippen LogP contribution is -2.58. The summed E-state index contributed by atoms with van der Waals surface area (Å²) >= 11 is 1.14. The predicted octanol–water partition coefficient (Wildman–Crippen LogP) is 5.67. The number of ether oxygens (including phenoxy) is 1. The first-order valence-electron chi connectivity index (χ1n) is 12.7. The zero-order valence-electron chi connectivity index (χ0n) is 22.6. The fourth-order valence-corrected chi connectivity index (χ4v) is 6.74. The van der Waals surface area contributed by atoms with Gasteiger partial charge >= 0.3 is 11.9 Å². The molecule has 13 heteroatoms. The summed E-state index contributed by atoms with van der Waals surface area (Å²) < 4.78 is 76.2. The molecule has 3 unspecified atom stereocenters. The Hall–Kier alpha value is -3.45. The Labute approximate surface area is 237 Å². The van der Waals surface area contributed by atoms with Crippen molar-refractivity contribution in [3.8, 4) is 0 Å². The molecular weight excluding hydrogens is 567 g/mol. The smallest absolute Gasteiger partial charge is 0.383 e. The first-order valence-corrected chi connectivity index (χ1v) is 13.7. The Kier molecular flexibility index (Phi) is 9.07. The summed E-state index contributed by atoms with van der Waals surface area (Å²) in [7, 11) is 1.46. The second-order valence-corrected chi connectivity index (χ2v) is 10.9. The maximum atomic E-state index is 14.5. The van der Waals surface area contributed by atoms with E-state index < -0.39 is 29.3 Å². The largest absolute Gasteiger partial charge is 0.417 e. The molecule has 0 aliphatic carbocycles. The number of thioether (sulfide) groups is 1. The summed E-state index contributed by atoms with van der Waals surface area (Å²) in [6, 6.07) is -0.203. The molecule has 41 heavy (non-hydrogen) atoms. The van der Waals surface area contributed by atoms with E-state index in [0.29, 0.717) is 6.08 Å². The number of methoxy groups -OCH3 is 1. The Balaban J connectivity index is 2.00. The van der Waals surface area contributed by atoms with Gasteiger partial charge in [0.2, 0.25) is 5.91 Å². The molecular formula is C28H29F5N4O3S. The minimum Gasteiger partial charge on any atom is -0.383 e. The molecule has 1 aromatic heterocycles. The molecule has 0 N–H and O–H groups in total. The van der Waals surface area contributed by atoms with Gasteiger partial charge in [-0.2, -0.15) is 18.2 Å². The number of hydrogen-bond donors (Lipinski definition) is 0. The monoisotopic (exact) mass is 596 g/mol. The number of carbonyl (C=O) groups excluding carboxylic acids is 1. The normalized spacial score (nSPS) is 21.9. The van der Waals surface area contributed by atoms with Crippen molar-refractivity contribution in [1.29, 1.82) is 0 Å². The number of piperazine rings is 1. The van der Waals surface area contributed by atoms with Crippen molar-refractivity contribution in [3.05, 3.63) is 70.7 Å². The third-order valence-corrected chi connectivity index (χ3v) is 8.27. The van der Waals surface area contributed by atoms with Crippen LogP contribution in [-0.2, 0) is 15.7 Å². The molecule has 3 heterocycles. The summed E-state index contributed by atoms with van der Waals surface area (Å²) in [5.41, 5.74) is -1.61. The zero-order valence-corrected chi connectivity index (χ0v) is 23.4. The van der Waals surface area contributed by atoms with Crippen LogP contribution in [-0.4, -0.2) is 65.0 Å². The van der Waals surface area contributed by atoms with Crippen molar-refractivity contribution >= 4 is 40.5 Å². The van der Waals surface area contributed by atoms with Gasteiger partial charge in [-0.3, -0.25) is 9.36 Å². The second kappa shape index (κ2) is 12.2. The molecule has 1 saturated heterocycles. The van der Waals surface area contributed by atoms with Crippen molar-refractivity contribution in [2.45, 2.75) is 43.0 Å². The Morgan fingerprint density at radius 2 is 1.95 bits per heavy atom. The van der Waals surface area contributed by atoms with E-state index in [-0.39, 0.29) is 76.9 Å². The van der Waals surface area contributed by atoms with E-state index in [4.69, 9.17) is 4.74 Å². The van der Waals surface area contributed by atoms with Gasteiger partial charge in [0.15, 0.2) is 0 Å². The van der Waals surface area contributed by atoms with Crippen molar-refractivity contribution in [2.24, 2.45) is 0 Å². The number of rotatable bonds is 7. The lowest BCUT2D eigenvalue weighted by molar-refractivity contribution is -0.137. The van der Waals surface area contributed by atoms with Crippen molar-refractivity contribution in [3.63, 3.8) is 0 Å². The second-order valence-electron chi connectivity index (χ2n) is 9.82. The number of halogens is 5. The van der Waals surface area contributed by atoms with Crippen LogP contribution in [0.1, 0.15) is 31.0 Å². The lowest BCUT2D eigenvalue weighted by atomic mass is 10.0. The molecule has 7 nitrogen and oxygen atoms in total. The van der Waals surface area contributed by atoms with Gasteiger partial charge in [0, 0.05) is 60.0 Å². The molecule has 0 spiro atoms. The minimum absolute atomic E-state index is 0.0194. The number of carbonyl (C=O) groups is 1. The number of anilines is 1. The molecule has 3 atom stereocenters. The van der Waals surface area contributed by atoms with Gasteiger partial charge in [-0.05, 0) is 32.1 Å². The first-order chi connectivity index (χ1) is 19.4. The van der Waals surface area contributed by atoms with Crippen LogP contribution >= 0.6 is 11.8 Å². The number of aromatic nitrogens is 2. The molecule has 0 radical (unpaired) electrons. The van der Waals surface area contributed by atoms with E-state index in [2.05, 4.69) is 11.6 Å². The average Bonchev–Trinajstić information content (AvgIpc) is 2.90. The van der Waals surface area contributed by atoms with Crippen molar-refractivity contribution in [1.82, 2.24) is 14.5 Å². The van der Waals surface area contributed by atoms with E-state index in [1.807, 2.05) is 0 Å². The van der Waals surface area contributed by atoms with Crippen LogP contribution in [0.2, 0.25) is 0 Å². The van der Waals surface area contributed by atoms with Crippen LogP contribution < -0.4 is 10.6 Å². The minimum atomic E-state index is -4.80. The van der Waals surface area contributed by atoms with Gasteiger partial charge in [0.25, 0.3) is 0 Å². The molecule has 2 aliphatic heterocycles. The van der Waals surface area contributed by atoms with Crippen molar-refractivity contribution in [2.75, 3.05) is 37.5 Å². The van der Waals surface area contributed by atoms with E-state index >= 15 is 0 Å². The SMILES string of the molecule is C=CC(=O)N1C(C)CN(c2nc(=O)n3c4c(c(/C=C/C=C(F)\C=C\F)c(C(F)(F)F)cc24)SCC3COC)CC1C. The van der Waals surface area contributed by atoms with Crippen LogP contribution in [0.25, 0.3) is 17.0 Å². The zero-order chi connectivity index (χ0) is 30.1. The van der Waals surface area contributed by atoms with E-state index in [9.17, 15) is 31.5 Å². The van der Waals surface area contributed by atoms with Crippen LogP contribution in [0.5, 0.6) is 0 Å². The molecule has 1 aromatic carbocycles. The number of hydrogen-bond acceptors (Lipinski definition) is 6. The quantitative estimate of drug-likeness (QED) is 0.233. The Bertz CT molecular complexity index is 1490. The Morgan fingerprint density at radius 3 is 2.54 bits per heavy atom. The number of nitrogens with zero attached hydrogens (tertiary/aromatic N) is 4. The van der Waals surface area contributed by atoms with Gasteiger partial charge in [-0.15, -0.1) is 11.8 Å². The number of benzene rings is 1. The molecule has 1 fully saturated rings. The highest BCUT2D eigenvalue weighted by Crippen LogP contribution is 2.46. The maximum Gasteiger partial charge on any atom is 0.417 e. The van der Waals surface area contributed by atoms with Crippen LogP contribution in [0.3, 0.4) is 0 Å². The highest BCUT2D eigenvalue weighted by molar-refractivity contribution is 7.99. The van der Waals surface area contributed by atoms with Crippen LogP contribution in [0.15, 0.2) is 58.8 Å². The molecule has 0 bridgehead atoms. The molecule has 2 aliphatic rings. The molecule has 4 rings (SSSR count). The summed E-state index contributed by atoms with van der Waals surface area (Å²) in [5.74, 6) is -0.924. The summed E-state index contributed by atoms with van der Waals surface area (Å²) in [6.45, 7) is 7.75. The third kappa shape index (κ3) is 5.96. The van der Waals surface area contributed by atoms with Crippen molar-refractivity contribution < 1.29 is 31.5 Å². The molecule has 220 valence electrons. The molecule has 0 saturated carbocycles. The highest BCUT2D eigenvalue weighted by Gasteiger charge is 2.39. The number of allylic oxidation sites excluding steroid dienone is 4. The van der Waals surface area contributed by atoms with Gasteiger partial charge in [-0.1, -0.05) is 18.7 Å². The van der Waals surface area contributed by atoms with E-state index in [0.717, 1.165) is 36.1 Å². The highest BCUT2D eigenvalue weighted by atomic mass is 32.2. The maximum absolute atomic E-state index is 14.5. The fourth-order valence-electron chi connectivity index (χ4n) is 5.46. The lowest BCUT2D eigenvalue weighted by Gasteiger charge is -2.45. The van der Waals surface area contributed by atoms with E-state index in [1.54, 1.807) is 23.6 Å². The van der Waals surface area contributed by atoms with Gasteiger partial charge in [0.1, 0.15) is 11.6 Å². The summed E-state index contributed by atoms with van der Waals surface area (Å²) in [4.78, 5) is 33.7. The molecule has 1 amide bonds. The van der Waals surface area contributed by atoms with E-state index in [1.165, 1.54) is 17.8 Å². The third-order valence-electron chi connectivity index (χ3n) is 7.02. The van der Waals surface area contributed by atoms with Crippen LogP contribution in [0.4, 0.5) is 27.8 Å². The average molecular weight is 597 g/mol. The summed E-state index contributed by atoms with van der Waals surface area (Å²) in [5, 5.41) is 0.127. The number of alkyl halides is 3. The Morgan fingerprint density at radius 1 is 1.27 bits per heavy atom. The summed E-state index contributed by atoms with van der Waals surface area (Å²) in [6.07, 6.45) is -0.0740. The standard InChI is InChI=1S/C28H29F5N4O3S/c1-5-23(38)36-16(2)12-35(13-17(36)3)26-21-11-22(28(31,32)33)20(8-6-7-18(30)9-10-29)25-24(21)37(27(39)34-26)19(14-40-4)15-41-25/h5-11,16-17,19H,1,12-15H2,2-4H3/b8-6+,10-9+,18-7+. The van der Waals surface area contributed by atoms with Gasteiger partial charge in [-0.25, -0.2) is 13.6 Å². The first kappa shape index (κ1) is 30.5. The van der Waals surface area contributed by atoms with Crippen LogP contribution in [0, 0.1) is 0 Å². The number of amides is 1. The van der Waals surface area contributed by atoms with Gasteiger partial charge in [0.05, 0.1) is 30.1 Å². The molecule has 2 aromatic rings. The van der Waals surface area contributed by atoms with Gasteiger partial charge < -0.3 is 14.5 Å². The predicted molar refractivity (Wildman–Crippen MR) is 149 cm³/mol. The fraction of sp³-hybridized carbons (Fsp3) is 0.393. The topological polar surface area (TPSA) is 67.7 Å².